The van der Waals surface area contributed by atoms with Gasteiger partial charge in [0.05, 0.1) is 0 Å². The summed E-state index contributed by atoms with van der Waals surface area (Å²) in [5.74, 6) is 0. The Morgan fingerprint density at radius 3 is 2.65 bits per heavy atom. The van der Waals surface area contributed by atoms with E-state index in [0.29, 0.717) is 0 Å². The summed E-state index contributed by atoms with van der Waals surface area (Å²) in [6.45, 7) is 10.1. The van der Waals surface area contributed by atoms with Crippen molar-refractivity contribution in [3.63, 3.8) is 0 Å². The minimum atomic E-state index is 0.824. The van der Waals surface area contributed by atoms with E-state index < -0.39 is 0 Å². The second-order valence-corrected chi connectivity index (χ2v) is 5.85. The lowest BCUT2D eigenvalue weighted by molar-refractivity contribution is 0.257. The summed E-state index contributed by atoms with van der Waals surface area (Å²) in [7, 11) is 0. The van der Waals surface area contributed by atoms with Crippen molar-refractivity contribution < 1.29 is 0 Å². The Balaban J connectivity index is 1.67. The molecule has 1 aliphatic heterocycles. The monoisotopic (exact) mass is 295 g/mol. The Bertz CT molecular complexity index is 389. The Morgan fingerprint density at radius 2 is 1.95 bits per heavy atom. The van der Waals surface area contributed by atoms with E-state index in [1.165, 1.54) is 18.5 Å². The lowest BCUT2D eigenvalue weighted by atomic mass is 10.2. The van der Waals surface area contributed by atoms with Crippen molar-refractivity contribution >= 4 is 17.3 Å². The maximum atomic E-state index is 6.06. The molecule has 0 unspecified atom stereocenters. The first-order valence-corrected chi connectivity index (χ1v) is 8.11. The highest BCUT2D eigenvalue weighted by Crippen LogP contribution is 2.20. The fourth-order valence-electron chi connectivity index (χ4n) is 2.57. The summed E-state index contributed by atoms with van der Waals surface area (Å²) in [5, 5.41) is 4.34. The van der Waals surface area contributed by atoms with Crippen LogP contribution in [-0.4, -0.2) is 50.7 Å². The normalized spacial score (nSPS) is 16.6. The van der Waals surface area contributed by atoms with E-state index in [9.17, 15) is 0 Å². The number of rotatable bonds is 7. The van der Waals surface area contributed by atoms with E-state index >= 15 is 0 Å². The zero-order valence-corrected chi connectivity index (χ0v) is 13.2. The number of hydrogen-bond acceptors (Lipinski definition) is 3. The molecule has 0 aromatic heterocycles. The number of nitrogens with zero attached hydrogens (tertiary/aromatic N) is 2. The summed E-state index contributed by atoms with van der Waals surface area (Å²) >= 11 is 6.06. The van der Waals surface area contributed by atoms with Gasteiger partial charge >= 0.3 is 0 Å². The standard InChI is InChI=1S/C16H26ClN3/c1-2-3-7-18-8-9-19-10-12-20(13-11-19)16-6-4-5-15(17)14-16/h4-6,14,18H,2-3,7-13H2,1H3. The number of nitrogens with one attached hydrogen (secondary N) is 1. The lowest BCUT2D eigenvalue weighted by Crippen LogP contribution is -2.48. The third kappa shape index (κ3) is 4.97. The number of unbranched alkanes of at least 4 members (excludes halogenated alkanes) is 1. The second kappa shape index (κ2) is 8.50. The van der Waals surface area contributed by atoms with Crippen LogP contribution in [0.4, 0.5) is 5.69 Å². The third-order valence-electron chi connectivity index (χ3n) is 3.86. The van der Waals surface area contributed by atoms with Crippen LogP contribution < -0.4 is 10.2 Å². The maximum absolute atomic E-state index is 6.06. The summed E-state index contributed by atoms with van der Waals surface area (Å²) < 4.78 is 0. The largest absolute Gasteiger partial charge is 0.369 e. The van der Waals surface area contributed by atoms with Crippen LogP contribution in [0, 0.1) is 0 Å². The van der Waals surface area contributed by atoms with Crippen LogP contribution in [0.1, 0.15) is 19.8 Å². The van der Waals surface area contributed by atoms with Crippen LogP contribution in [0.3, 0.4) is 0 Å². The zero-order chi connectivity index (χ0) is 14.2. The first-order chi connectivity index (χ1) is 9.79. The molecule has 20 heavy (non-hydrogen) atoms. The molecule has 112 valence electrons. The van der Waals surface area contributed by atoms with Gasteiger partial charge in [-0.1, -0.05) is 31.0 Å². The van der Waals surface area contributed by atoms with Crippen molar-refractivity contribution in [2.24, 2.45) is 0 Å². The van der Waals surface area contributed by atoms with Gasteiger partial charge in [0.2, 0.25) is 0 Å². The molecule has 0 amide bonds. The van der Waals surface area contributed by atoms with Crippen LogP contribution in [0.2, 0.25) is 5.02 Å². The molecule has 1 fully saturated rings. The Morgan fingerprint density at radius 1 is 1.15 bits per heavy atom. The second-order valence-electron chi connectivity index (χ2n) is 5.41. The molecule has 4 heteroatoms. The third-order valence-corrected chi connectivity index (χ3v) is 4.09. The van der Waals surface area contributed by atoms with Crippen LogP contribution in [0.25, 0.3) is 0 Å². The minimum Gasteiger partial charge on any atom is -0.369 e. The quantitative estimate of drug-likeness (QED) is 0.781. The first kappa shape index (κ1) is 15.6. The molecule has 0 spiro atoms. The van der Waals surface area contributed by atoms with E-state index in [-0.39, 0.29) is 0 Å². The summed E-state index contributed by atoms with van der Waals surface area (Å²) in [4.78, 5) is 4.97. The topological polar surface area (TPSA) is 18.5 Å². The number of halogens is 1. The van der Waals surface area contributed by atoms with Gasteiger partial charge in [-0.2, -0.15) is 0 Å². The number of benzene rings is 1. The molecular formula is C16H26ClN3. The highest BCUT2D eigenvalue weighted by atomic mass is 35.5. The Hall–Kier alpha value is -0.770. The Labute approximate surface area is 127 Å². The lowest BCUT2D eigenvalue weighted by Gasteiger charge is -2.36. The first-order valence-electron chi connectivity index (χ1n) is 7.73. The van der Waals surface area contributed by atoms with Crippen molar-refractivity contribution in [2.75, 3.05) is 50.7 Å². The van der Waals surface area contributed by atoms with Gasteiger partial charge in [0.15, 0.2) is 0 Å². The smallest absolute Gasteiger partial charge is 0.0426 e. The average molecular weight is 296 g/mol. The van der Waals surface area contributed by atoms with Gasteiger partial charge in [0.25, 0.3) is 0 Å². The van der Waals surface area contributed by atoms with Crippen LogP contribution in [0.5, 0.6) is 0 Å². The van der Waals surface area contributed by atoms with Crippen molar-refractivity contribution in [1.82, 2.24) is 10.2 Å². The molecule has 1 N–H and O–H groups in total. The van der Waals surface area contributed by atoms with E-state index in [0.717, 1.165) is 50.8 Å². The van der Waals surface area contributed by atoms with Gasteiger partial charge < -0.3 is 10.2 Å². The van der Waals surface area contributed by atoms with E-state index in [1.54, 1.807) is 0 Å². The molecule has 2 rings (SSSR count). The van der Waals surface area contributed by atoms with Crippen LogP contribution >= 0.6 is 11.6 Å². The van der Waals surface area contributed by atoms with Gasteiger partial charge in [-0.15, -0.1) is 0 Å². The van der Waals surface area contributed by atoms with Crippen LogP contribution in [-0.2, 0) is 0 Å². The number of piperazine rings is 1. The van der Waals surface area contributed by atoms with Crippen molar-refractivity contribution in [2.45, 2.75) is 19.8 Å². The van der Waals surface area contributed by atoms with Crippen molar-refractivity contribution in [3.05, 3.63) is 29.3 Å². The van der Waals surface area contributed by atoms with E-state index in [1.807, 2.05) is 12.1 Å². The average Bonchev–Trinajstić information content (AvgIpc) is 2.48. The van der Waals surface area contributed by atoms with Gasteiger partial charge in [0.1, 0.15) is 0 Å². The van der Waals surface area contributed by atoms with E-state index in [2.05, 4.69) is 34.2 Å². The molecule has 0 saturated carbocycles. The van der Waals surface area contributed by atoms with Crippen molar-refractivity contribution in [3.8, 4) is 0 Å². The summed E-state index contributed by atoms with van der Waals surface area (Å²) in [6.07, 6.45) is 2.55. The Kier molecular flexibility index (Phi) is 6.64. The predicted octanol–water partition coefficient (Wildman–Crippen LogP) is 2.85. The molecule has 1 aromatic carbocycles. The fraction of sp³-hybridized carbons (Fsp3) is 0.625. The molecule has 3 nitrogen and oxygen atoms in total. The van der Waals surface area contributed by atoms with Crippen molar-refractivity contribution in [1.29, 1.82) is 0 Å². The molecule has 1 saturated heterocycles. The van der Waals surface area contributed by atoms with Gasteiger partial charge in [-0.25, -0.2) is 0 Å². The van der Waals surface area contributed by atoms with Crippen LogP contribution in [0.15, 0.2) is 24.3 Å². The molecule has 0 radical (unpaired) electrons. The van der Waals surface area contributed by atoms with Gasteiger partial charge in [0, 0.05) is 50.0 Å². The predicted molar refractivity (Wildman–Crippen MR) is 87.9 cm³/mol. The number of hydrogen-bond donors (Lipinski definition) is 1. The van der Waals surface area contributed by atoms with E-state index in [4.69, 9.17) is 11.6 Å². The fourth-order valence-corrected chi connectivity index (χ4v) is 2.75. The molecule has 0 bridgehead atoms. The minimum absolute atomic E-state index is 0.824. The maximum Gasteiger partial charge on any atom is 0.0426 e. The molecular weight excluding hydrogens is 270 g/mol. The molecule has 0 atom stereocenters. The summed E-state index contributed by atoms with van der Waals surface area (Å²) in [6, 6.07) is 8.17. The molecule has 0 aliphatic carbocycles. The molecule has 1 aromatic rings. The SMILES string of the molecule is CCCCNCCN1CCN(c2cccc(Cl)c2)CC1. The highest BCUT2D eigenvalue weighted by Gasteiger charge is 2.16. The number of anilines is 1. The van der Waals surface area contributed by atoms with Gasteiger partial charge in [-0.05, 0) is 31.2 Å². The summed E-state index contributed by atoms with van der Waals surface area (Å²) in [5.41, 5.74) is 1.25. The molecule has 1 heterocycles. The van der Waals surface area contributed by atoms with Gasteiger partial charge in [-0.3, -0.25) is 4.90 Å². The molecule has 1 aliphatic rings. The zero-order valence-electron chi connectivity index (χ0n) is 12.4. The highest BCUT2D eigenvalue weighted by molar-refractivity contribution is 6.30.